The molecule has 0 spiro atoms. The van der Waals surface area contributed by atoms with E-state index in [1.54, 1.807) is 12.0 Å². The van der Waals surface area contributed by atoms with Gasteiger partial charge >= 0.3 is 5.69 Å². The lowest BCUT2D eigenvalue weighted by Crippen LogP contribution is -2.24. The number of methoxy groups -OCH3 is 1. The van der Waals surface area contributed by atoms with E-state index in [9.17, 15) is 10.1 Å². The quantitative estimate of drug-likeness (QED) is 0.592. The molecule has 0 aromatic carbocycles. The first-order valence-electron chi connectivity index (χ1n) is 5.16. The summed E-state index contributed by atoms with van der Waals surface area (Å²) in [5, 5.41) is 10.9. The molecule has 0 radical (unpaired) electrons. The van der Waals surface area contributed by atoms with Crippen LogP contribution < -0.4 is 10.6 Å². The highest BCUT2D eigenvalue weighted by Crippen LogP contribution is 2.31. The molecule has 1 unspecified atom stereocenters. The summed E-state index contributed by atoms with van der Waals surface area (Å²) < 4.78 is 5.21. The van der Waals surface area contributed by atoms with Gasteiger partial charge in [0, 0.05) is 20.2 Å². The molecule has 0 saturated carbocycles. The largest absolute Gasteiger partial charge is 0.380 e. The number of nitrogens with zero attached hydrogens (tertiary/aromatic N) is 4. The molecule has 0 bridgehead atoms. The van der Waals surface area contributed by atoms with Crippen molar-refractivity contribution in [3.8, 4) is 0 Å². The predicted octanol–water partition coefficient (Wildman–Crippen LogP) is 0.192. The van der Waals surface area contributed by atoms with Gasteiger partial charge in [-0.05, 0) is 6.42 Å². The van der Waals surface area contributed by atoms with Crippen molar-refractivity contribution >= 4 is 17.3 Å². The number of hydrogen-bond acceptors (Lipinski definition) is 7. The molecule has 1 atom stereocenters. The van der Waals surface area contributed by atoms with Crippen molar-refractivity contribution in [2.45, 2.75) is 12.5 Å². The zero-order chi connectivity index (χ0) is 12.4. The monoisotopic (exact) mass is 239 g/mol. The van der Waals surface area contributed by atoms with Crippen molar-refractivity contribution in [1.29, 1.82) is 0 Å². The molecule has 2 N–H and O–H groups in total. The van der Waals surface area contributed by atoms with Gasteiger partial charge in [0.05, 0.1) is 11.0 Å². The van der Waals surface area contributed by atoms with E-state index in [2.05, 4.69) is 9.97 Å². The van der Waals surface area contributed by atoms with E-state index in [-0.39, 0.29) is 23.4 Å². The summed E-state index contributed by atoms with van der Waals surface area (Å²) in [5.74, 6) is 0.155. The van der Waals surface area contributed by atoms with Gasteiger partial charge in [-0.1, -0.05) is 0 Å². The minimum atomic E-state index is -0.551. The van der Waals surface area contributed by atoms with E-state index in [1.165, 1.54) is 6.33 Å². The van der Waals surface area contributed by atoms with Crippen molar-refractivity contribution in [3.05, 3.63) is 16.4 Å². The van der Waals surface area contributed by atoms with Crippen molar-refractivity contribution in [1.82, 2.24) is 9.97 Å². The minimum Gasteiger partial charge on any atom is -0.380 e. The SMILES string of the molecule is COC1CCN(c2ncnc(N)c2[N+](=O)[O-])C1. The fourth-order valence-corrected chi connectivity index (χ4v) is 1.90. The summed E-state index contributed by atoms with van der Waals surface area (Å²) in [5.41, 5.74) is 5.27. The summed E-state index contributed by atoms with van der Waals surface area (Å²) in [4.78, 5) is 19.8. The molecule has 92 valence electrons. The molecule has 1 saturated heterocycles. The topological polar surface area (TPSA) is 107 Å². The number of anilines is 2. The summed E-state index contributed by atoms with van der Waals surface area (Å²) in [6, 6.07) is 0. The van der Waals surface area contributed by atoms with Crippen LogP contribution in [-0.2, 0) is 4.74 Å². The number of ether oxygens (including phenoxy) is 1. The Morgan fingerprint density at radius 3 is 3.00 bits per heavy atom. The second-order valence-electron chi connectivity index (χ2n) is 3.78. The molecule has 17 heavy (non-hydrogen) atoms. The summed E-state index contributed by atoms with van der Waals surface area (Å²) in [7, 11) is 1.62. The highest BCUT2D eigenvalue weighted by Gasteiger charge is 2.30. The fourth-order valence-electron chi connectivity index (χ4n) is 1.90. The Hall–Kier alpha value is -1.96. The van der Waals surface area contributed by atoms with Crippen molar-refractivity contribution in [2.24, 2.45) is 0 Å². The van der Waals surface area contributed by atoms with Crippen LogP contribution in [-0.4, -0.2) is 41.2 Å². The van der Waals surface area contributed by atoms with E-state index in [1.807, 2.05) is 0 Å². The molecule has 8 nitrogen and oxygen atoms in total. The molecule has 2 rings (SSSR count). The molecule has 0 aliphatic carbocycles. The van der Waals surface area contributed by atoms with E-state index in [4.69, 9.17) is 10.5 Å². The standard InChI is InChI=1S/C9H13N5O3/c1-17-6-2-3-13(4-6)9-7(14(15)16)8(10)11-5-12-9/h5-6H,2-4H2,1H3,(H2,10,11,12). The van der Waals surface area contributed by atoms with Crippen LogP contribution in [0.2, 0.25) is 0 Å². The van der Waals surface area contributed by atoms with E-state index < -0.39 is 4.92 Å². The maximum absolute atomic E-state index is 10.9. The minimum absolute atomic E-state index is 0.0748. The molecule has 1 aliphatic heterocycles. The Labute approximate surface area is 97.6 Å². The number of hydrogen-bond donors (Lipinski definition) is 1. The van der Waals surface area contributed by atoms with E-state index >= 15 is 0 Å². The van der Waals surface area contributed by atoms with Crippen molar-refractivity contribution in [2.75, 3.05) is 30.8 Å². The Bertz CT molecular complexity index is 439. The van der Waals surface area contributed by atoms with Gasteiger partial charge in [0.1, 0.15) is 6.33 Å². The average Bonchev–Trinajstić information content (AvgIpc) is 2.76. The normalized spacial score (nSPS) is 19.6. The second kappa shape index (κ2) is 4.50. The molecular formula is C9H13N5O3. The van der Waals surface area contributed by atoms with Gasteiger partial charge in [0.25, 0.3) is 0 Å². The third-order valence-electron chi connectivity index (χ3n) is 2.79. The van der Waals surface area contributed by atoms with Crippen LogP contribution in [0.4, 0.5) is 17.3 Å². The lowest BCUT2D eigenvalue weighted by molar-refractivity contribution is -0.383. The number of nitrogens with two attached hydrogens (primary N) is 1. The Morgan fingerprint density at radius 2 is 2.41 bits per heavy atom. The number of nitrogen functional groups attached to an aromatic ring is 1. The maximum Gasteiger partial charge on any atom is 0.353 e. The van der Waals surface area contributed by atoms with E-state index in [0.717, 1.165) is 6.42 Å². The van der Waals surface area contributed by atoms with Crippen LogP contribution in [0, 0.1) is 10.1 Å². The smallest absolute Gasteiger partial charge is 0.353 e. The molecular weight excluding hydrogens is 226 g/mol. The molecule has 1 aromatic rings. The third kappa shape index (κ3) is 2.11. The van der Waals surface area contributed by atoms with Crippen molar-refractivity contribution < 1.29 is 9.66 Å². The zero-order valence-corrected chi connectivity index (χ0v) is 9.37. The maximum atomic E-state index is 10.9. The third-order valence-corrected chi connectivity index (χ3v) is 2.79. The van der Waals surface area contributed by atoms with Gasteiger partial charge in [0.2, 0.25) is 11.6 Å². The number of rotatable bonds is 3. The Kier molecular flexibility index (Phi) is 3.05. The van der Waals surface area contributed by atoms with Crippen LogP contribution in [0.3, 0.4) is 0 Å². The first-order valence-corrected chi connectivity index (χ1v) is 5.16. The molecule has 0 amide bonds. The van der Waals surface area contributed by atoms with Gasteiger partial charge in [-0.2, -0.15) is 0 Å². The van der Waals surface area contributed by atoms with Crippen molar-refractivity contribution in [3.63, 3.8) is 0 Å². The van der Waals surface area contributed by atoms with Gasteiger partial charge in [-0.15, -0.1) is 0 Å². The highest BCUT2D eigenvalue weighted by molar-refractivity contribution is 5.68. The number of aromatic nitrogens is 2. The van der Waals surface area contributed by atoms with Crippen LogP contribution in [0.5, 0.6) is 0 Å². The molecule has 1 aliphatic rings. The summed E-state index contributed by atoms with van der Waals surface area (Å²) >= 11 is 0. The molecule has 1 fully saturated rings. The van der Waals surface area contributed by atoms with Gasteiger partial charge in [-0.3, -0.25) is 10.1 Å². The number of nitro groups is 1. The zero-order valence-electron chi connectivity index (χ0n) is 9.37. The van der Waals surface area contributed by atoms with Gasteiger partial charge in [0.15, 0.2) is 0 Å². The summed E-state index contributed by atoms with van der Waals surface area (Å²) in [6.07, 6.45) is 2.13. The Balaban J connectivity index is 2.33. The molecule has 8 heteroatoms. The lowest BCUT2D eigenvalue weighted by atomic mass is 10.3. The first-order chi connectivity index (χ1) is 8.13. The van der Waals surface area contributed by atoms with E-state index in [0.29, 0.717) is 13.1 Å². The van der Waals surface area contributed by atoms with Crippen LogP contribution in [0.25, 0.3) is 0 Å². The molecule has 2 heterocycles. The van der Waals surface area contributed by atoms with Gasteiger partial charge in [-0.25, -0.2) is 9.97 Å². The summed E-state index contributed by atoms with van der Waals surface area (Å²) in [6.45, 7) is 1.24. The average molecular weight is 239 g/mol. The van der Waals surface area contributed by atoms with Crippen LogP contribution >= 0.6 is 0 Å². The van der Waals surface area contributed by atoms with Crippen LogP contribution in [0.15, 0.2) is 6.33 Å². The lowest BCUT2D eigenvalue weighted by Gasteiger charge is -2.16. The first kappa shape index (κ1) is 11.5. The van der Waals surface area contributed by atoms with Gasteiger partial charge < -0.3 is 15.4 Å². The fraction of sp³-hybridized carbons (Fsp3) is 0.556. The second-order valence-corrected chi connectivity index (χ2v) is 3.78. The molecule has 1 aromatic heterocycles. The predicted molar refractivity (Wildman–Crippen MR) is 60.7 cm³/mol. The Morgan fingerprint density at radius 1 is 1.65 bits per heavy atom. The van der Waals surface area contributed by atoms with Crippen LogP contribution in [0.1, 0.15) is 6.42 Å². The highest BCUT2D eigenvalue weighted by atomic mass is 16.6.